The maximum Gasteiger partial charge on any atom is 0.305 e. The molecule has 1 rings (SSSR count). The van der Waals surface area contributed by atoms with Gasteiger partial charge in [0.25, 0.3) is 11.6 Å². The highest BCUT2D eigenvalue weighted by atomic mass is 16.6. The Labute approximate surface area is 122 Å². The molecule has 1 aromatic carbocycles. The van der Waals surface area contributed by atoms with Crippen LogP contribution in [-0.2, 0) is 4.79 Å². The fraction of sp³-hybridized carbons (Fsp3) is 0.429. The smallest absolute Gasteiger partial charge is 0.305 e. The van der Waals surface area contributed by atoms with Crippen LogP contribution in [0.2, 0.25) is 0 Å². The molecule has 7 heteroatoms. The first kappa shape index (κ1) is 16.6. The van der Waals surface area contributed by atoms with Crippen molar-refractivity contribution in [2.24, 2.45) is 5.92 Å². The Kier molecular flexibility index (Phi) is 5.40. The number of carbonyl (C=O) groups is 2. The first-order valence-corrected chi connectivity index (χ1v) is 6.50. The van der Waals surface area contributed by atoms with E-state index in [9.17, 15) is 19.7 Å². The number of carboxylic acid groups (broad SMARTS) is 1. The van der Waals surface area contributed by atoms with Crippen molar-refractivity contribution in [3.8, 4) is 0 Å². The van der Waals surface area contributed by atoms with E-state index in [-0.39, 0.29) is 23.6 Å². The summed E-state index contributed by atoms with van der Waals surface area (Å²) in [4.78, 5) is 33.5. The minimum absolute atomic E-state index is 0.0592. The van der Waals surface area contributed by atoms with Crippen molar-refractivity contribution in [3.63, 3.8) is 0 Å². The van der Waals surface area contributed by atoms with Crippen molar-refractivity contribution in [2.45, 2.75) is 33.2 Å². The Morgan fingerprint density at radius 1 is 1.38 bits per heavy atom. The van der Waals surface area contributed by atoms with Crippen LogP contribution < -0.4 is 5.32 Å². The molecular formula is C14H18N2O5. The first-order chi connectivity index (χ1) is 9.73. The number of amides is 1. The number of nitro benzene ring substituents is 1. The molecule has 0 radical (unpaired) electrons. The zero-order chi connectivity index (χ0) is 16.2. The molecule has 1 unspecified atom stereocenters. The van der Waals surface area contributed by atoms with Crippen molar-refractivity contribution in [1.29, 1.82) is 0 Å². The summed E-state index contributed by atoms with van der Waals surface area (Å²) in [5.41, 5.74) is 0.0656. The number of rotatable bonds is 6. The highest BCUT2D eigenvalue weighted by molar-refractivity contribution is 5.99. The Balaban J connectivity index is 3.06. The number of benzene rings is 1. The monoisotopic (exact) mass is 294 g/mol. The summed E-state index contributed by atoms with van der Waals surface area (Å²) in [5.74, 6) is -1.77. The number of nitrogens with zero attached hydrogens (tertiary/aromatic N) is 1. The number of nitrogens with one attached hydrogen (secondary N) is 1. The van der Waals surface area contributed by atoms with E-state index < -0.39 is 22.8 Å². The normalized spacial score (nSPS) is 12.0. The zero-order valence-corrected chi connectivity index (χ0v) is 12.1. The number of nitro groups is 1. The van der Waals surface area contributed by atoms with Crippen LogP contribution in [0.1, 0.15) is 36.2 Å². The summed E-state index contributed by atoms with van der Waals surface area (Å²) in [7, 11) is 0. The number of aryl methyl sites for hydroxylation is 1. The standard InChI is InChI=1S/C14H18N2O5/c1-8(2)11(7-12(17)18)15-14(19)10-6-4-5-9(3)13(10)16(20)21/h4-6,8,11H,7H2,1-3H3,(H,15,19)(H,17,18). The molecule has 0 aliphatic rings. The maximum atomic E-state index is 12.2. The fourth-order valence-electron chi connectivity index (χ4n) is 1.97. The molecule has 0 fully saturated rings. The van der Waals surface area contributed by atoms with Crippen LogP contribution in [0.5, 0.6) is 0 Å². The molecule has 0 saturated carbocycles. The summed E-state index contributed by atoms with van der Waals surface area (Å²) < 4.78 is 0. The van der Waals surface area contributed by atoms with E-state index >= 15 is 0 Å². The largest absolute Gasteiger partial charge is 0.481 e. The van der Waals surface area contributed by atoms with Gasteiger partial charge in [0, 0.05) is 11.6 Å². The van der Waals surface area contributed by atoms with Crippen LogP contribution >= 0.6 is 0 Å². The third-order valence-corrected chi connectivity index (χ3v) is 3.18. The molecule has 1 amide bonds. The highest BCUT2D eigenvalue weighted by Gasteiger charge is 2.26. The molecule has 0 spiro atoms. The summed E-state index contributed by atoms with van der Waals surface area (Å²) in [6, 6.07) is 3.87. The lowest BCUT2D eigenvalue weighted by molar-refractivity contribution is -0.385. The van der Waals surface area contributed by atoms with Crippen LogP contribution in [0.4, 0.5) is 5.69 Å². The fourth-order valence-corrected chi connectivity index (χ4v) is 1.97. The lowest BCUT2D eigenvalue weighted by Gasteiger charge is -2.20. The molecule has 0 saturated heterocycles. The second-order valence-corrected chi connectivity index (χ2v) is 5.15. The number of carbonyl (C=O) groups excluding carboxylic acids is 1. The van der Waals surface area contributed by atoms with E-state index in [1.54, 1.807) is 32.9 Å². The van der Waals surface area contributed by atoms with Crippen LogP contribution in [-0.4, -0.2) is 27.9 Å². The third-order valence-electron chi connectivity index (χ3n) is 3.18. The molecule has 21 heavy (non-hydrogen) atoms. The summed E-state index contributed by atoms with van der Waals surface area (Å²) in [5, 5.41) is 22.5. The predicted octanol–water partition coefficient (Wildman–Crippen LogP) is 2.13. The topological polar surface area (TPSA) is 110 Å². The molecule has 1 aromatic rings. The van der Waals surface area contributed by atoms with Crippen LogP contribution in [0.3, 0.4) is 0 Å². The quantitative estimate of drug-likeness (QED) is 0.617. The number of carboxylic acids is 1. The lowest BCUT2D eigenvalue weighted by atomic mass is 10.00. The number of aliphatic carboxylic acids is 1. The van der Waals surface area contributed by atoms with Crippen molar-refractivity contribution < 1.29 is 19.6 Å². The minimum atomic E-state index is -1.03. The Morgan fingerprint density at radius 3 is 2.48 bits per heavy atom. The van der Waals surface area contributed by atoms with E-state index in [0.717, 1.165) is 0 Å². The lowest BCUT2D eigenvalue weighted by Crippen LogP contribution is -2.40. The van der Waals surface area contributed by atoms with Crippen molar-refractivity contribution in [3.05, 3.63) is 39.4 Å². The van der Waals surface area contributed by atoms with Gasteiger partial charge in [-0.25, -0.2) is 0 Å². The SMILES string of the molecule is Cc1cccc(C(=O)NC(CC(=O)O)C(C)C)c1[N+](=O)[O-]. The van der Waals surface area contributed by atoms with Crippen molar-refractivity contribution >= 4 is 17.6 Å². The number of para-hydroxylation sites is 1. The molecule has 0 bridgehead atoms. The van der Waals surface area contributed by atoms with E-state index in [1.807, 2.05) is 0 Å². The third kappa shape index (κ3) is 4.27. The van der Waals surface area contributed by atoms with Crippen molar-refractivity contribution in [2.75, 3.05) is 0 Å². The van der Waals surface area contributed by atoms with Gasteiger partial charge in [0.05, 0.1) is 11.3 Å². The Hall–Kier alpha value is -2.44. The van der Waals surface area contributed by atoms with Gasteiger partial charge in [-0.15, -0.1) is 0 Å². The van der Waals surface area contributed by atoms with Crippen LogP contribution in [0.15, 0.2) is 18.2 Å². The average Bonchev–Trinajstić information content (AvgIpc) is 2.36. The van der Waals surface area contributed by atoms with Gasteiger partial charge in [-0.1, -0.05) is 26.0 Å². The molecule has 114 valence electrons. The summed E-state index contributed by atoms with van der Waals surface area (Å²) >= 11 is 0. The van der Waals surface area contributed by atoms with Gasteiger partial charge in [0.15, 0.2) is 0 Å². The highest BCUT2D eigenvalue weighted by Crippen LogP contribution is 2.23. The van der Waals surface area contributed by atoms with E-state index in [0.29, 0.717) is 5.56 Å². The van der Waals surface area contributed by atoms with Crippen LogP contribution in [0, 0.1) is 23.0 Å². The van der Waals surface area contributed by atoms with Gasteiger partial charge in [-0.3, -0.25) is 19.7 Å². The van der Waals surface area contributed by atoms with E-state index in [2.05, 4.69) is 5.32 Å². The second kappa shape index (κ2) is 6.83. The Bertz CT molecular complexity index is 568. The summed E-state index contributed by atoms with van der Waals surface area (Å²) in [6.07, 6.45) is -0.233. The average molecular weight is 294 g/mol. The van der Waals surface area contributed by atoms with Gasteiger partial charge in [-0.2, -0.15) is 0 Å². The molecule has 0 heterocycles. The molecule has 0 aliphatic heterocycles. The summed E-state index contributed by atoms with van der Waals surface area (Å²) in [6.45, 7) is 5.10. The van der Waals surface area contributed by atoms with Gasteiger partial charge < -0.3 is 10.4 Å². The van der Waals surface area contributed by atoms with E-state index in [1.165, 1.54) is 6.07 Å². The first-order valence-electron chi connectivity index (χ1n) is 6.50. The minimum Gasteiger partial charge on any atom is -0.481 e. The molecule has 7 nitrogen and oxygen atoms in total. The zero-order valence-electron chi connectivity index (χ0n) is 12.1. The van der Waals surface area contributed by atoms with E-state index in [4.69, 9.17) is 5.11 Å². The predicted molar refractivity (Wildman–Crippen MR) is 76.2 cm³/mol. The van der Waals surface area contributed by atoms with Gasteiger partial charge >= 0.3 is 5.97 Å². The molecule has 2 N–H and O–H groups in total. The molecule has 0 aliphatic carbocycles. The molecular weight excluding hydrogens is 276 g/mol. The Morgan fingerprint density at radius 2 is 2.00 bits per heavy atom. The molecule has 1 atom stereocenters. The number of hydrogen-bond acceptors (Lipinski definition) is 4. The second-order valence-electron chi connectivity index (χ2n) is 5.15. The van der Waals surface area contributed by atoms with Crippen LogP contribution in [0.25, 0.3) is 0 Å². The van der Waals surface area contributed by atoms with Crippen molar-refractivity contribution in [1.82, 2.24) is 5.32 Å². The molecule has 0 aromatic heterocycles. The van der Waals surface area contributed by atoms with Gasteiger partial charge in [0.1, 0.15) is 5.56 Å². The van der Waals surface area contributed by atoms with Gasteiger partial charge in [-0.05, 0) is 18.9 Å². The number of hydrogen-bond donors (Lipinski definition) is 2. The maximum absolute atomic E-state index is 12.2. The van der Waals surface area contributed by atoms with Gasteiger partial charge in [0.2, 0.25) is 0 Å².